The molecule has 8 heteroatoms. The molecule has 1 aliphatic carbocycles. The van der Waals surface area contributed by atoms with Gasteiger partial charge < -0.3 is 5.73 Å². The third-order valence-electron chi connectivity index (χ3n) is 7.33. The largest absolute Gasteiger partial charge is 0.330 e. The Morgan fingerprint density at radius 1 is 1.00 bits per heavy atom. The lowest BCUT2D eigenvalue weighted by Gasteiger charge is -2.38. The van der Waals surface area contributed by atoms with Crippen molar-refractivity contribution in [1.82, 2.24) is 15.1 Å². The molecule has 1 aromatic carbocycles. The zero-order valence-corrected chi connectivity index (χ0v) is 17.5. The van der Waals surface area contributed by atoms with E-state index in [-0.39, 0.29) is 18.7 Å². The highest BCUT2D eigenvalue weighted by Gasteiger charge is 2.45. The normalized spacial score (nSPS) is 29.3. The van der Waals surface area contributed by atoms with Gasteiger partial charge in [-0.3, -0.25) is 34.3 Å². The van der Waals surface area contributed by atoms with Crippen LogP contribution in [0.5, 0.6) is 0 Å². The fourth-order valence-electron chi connectivity index (χ4n) is 5.47. The van der Waals surface area contributed by atoms with Crippen LogP contribution >= 0.6 is 0 Å². The van der Waals surface area contributed by atoms with E-state index in [1.165, 1.54) is 12.8 Å². The van der Waals surface area contributed by atoms with Crippen molar-refractivity contribution < 1.29 is 19.2 Å². The summed E-state index contributed by atoms with van der Waals surface area (Å²) in [6, 6.07) is 4.46. The highest BCUT2D eigenvalue weighted by molar-refractivity contribution is 6.23. The molecule has 2 saturated heterocycles. The predicted octanol–water partition coefficient (Wildman–Crippen LogP) is 0.895. The van der Waals surface area contributed by atoms with E-state index in [0.717, 1.165) is 49.0 Å². The molecule has 3 fully saturated rings. The molecule has 3 aliphatic heterocycles. The number of fused-ring (bicyclic) bond motifs is 1. The van der Waals surface area contributed by atoms with Crippen molar-refractivity contribution in [2.45, 2.75) is 44.7 Å². The van der Waals surface area contributed by atoms with Crippen LogP contribution in [-0.4, -0.2) is 59.1 Å². The molecular formula is C23H28N4O4. The van der Waals surface area contributed by atoms with E-state index in [2.05, 4.69) is 10.2 Å². The molecule has 1 saturated carbocycles. The lowest BCUT2D eigenvalue weighted by atomic mass is 9.82. The molecule has 164 valence electrons. The van der Waals surface area contributed by atoms with E-state index in [9.17, 15) is 19.2 Å². The highest BCUT2D eigenvalue weighted by atomic mass is 16.2. The van der Waals surface area contributed by atoms with Gasteiger partial charge in [0.25, 0.3) is 11.8 Å². The van der Waals surface area contributed by atoms with Gasteiger partial charge in [0.05, 0.1) is 11.1 Å². The van der Waals surface area contributed by atoms with Crippen LogP contribution in [0.2, 0.25) is 0 Å². The third-order valence-corrected chi connectivity index (χ3v) is 7.33. The summed E-state index contributed by atoms with van der Waals surface area (Å²) in [7, 11) is 0. The number of amides is 4. The van der Waals surface area contributed by atoms with Gasteiger partial charge in [-0.05, 0) is 74.2 Å². The number of likely N-dealkylation sites (tertiary alicyclic amines) is 1. The maximum absolute atomic E-state index is 13.0. The number of hydrogen-bond acceptors (Lipinski definition) is 6. The molecule has 4 amide bonds. The summed E-state index contributed by atoms with van der Waals surface area (Å²) in [5.74, 6) is 0.192. The minimum absolute atomic E-state index is 0.121. The summed E-state index contributed by atoms with van der Waals surface area (Å²) in [5.41, 5.74) is 7.67. The molecule has 0 spiro atoms. The number of nitrogens with zero attached hydrogens (tertiary/aromatic N) is 2. The van der Waals surface area contributed by atoms with Gasteiger partial charge >= 0.3 is 0 Å². The molecule has 0 radical (unpaired) electrons. The maximum atomic E-state index is 13.0. The SMILES string of the molecule is NC[C@@H]1CCN(Cc2ccc3c(c2)C(=O)N(C2CCC(=O)NC2=O)C3=O)C[C@@H]1C1CC1. The van der Waals surface area contributed by atoms with Crippen LogP contribution in [0.25, 0.3) is 0 Å². The summed E-state index contributed by atoms with van der Waals surface area (Å²) >= 11 is 0. The van der Waals surface area contributed by atoms with Crippen LogP contribution in [-0.2, 0) is 16.1 Å². The van der Waals surface area contributed by atoms with Gasteiger partial charge in [0, 0.05) is 19.5 Å². The Labute approximate surface area is 181 Å². The van der Waals surface area contributed by atoms with Crippen molar-refractivity contribution in [2.75, 3.05) is 19.6 Å². The van der Waals surface area contributed by atoms with Crippen LogP contribution in [0.1, 0.15) is 58.4 Å². The molecule has 0 aromatic heterocycles. The maximum Gasteiger partial charge on any atom is 0.262 e. The topological polar surface area (TPSA) is 113 Å². The summed E-state index contributed by atoms with van der Waals surface area (Å²) in [5, 5.41) is 2.23. The molecule has 3 atom stereocenters. The van der Waals surface area contributed by atoms with Gasteiger partial charge in [0.1, 0.15) is 6.04 Å². The number of benzene rings is 1. The third kappa shape index (κ3) is 3.68. The number of piperidine rings is 2. The Balaban J connectivity index is 1.31. The van der Waals surface area contributed by atoms with Crippen LogP contribution < -0.4 is 11.1 Å². The van der Waals surface area contributed by atoms with Crippen LogP contribution in [0, 0.1) is 17.8 Å². The molecule has 4 aliphatic rings. The van der Waals surface area contributed by atoms with E-state index in [1.54, 1.807) is 12.1 Å². The zero-order valence-electron chi connectivity index (χ0n) is 17.5. The highest BCUT2D eigenvalue weighted by Crippen LogP contribution is 2.43. The van der Waals surface area contributed by atoms with E-state index >= 15 is 0 Å². The number of rotatable bonds is 5. The molecule has 8 nitrogen and oxygen atoms in total. The Bertz CT molecular complexity index is 957. The molecule has 1 unspecified atom stereocenters. The first-order valence-corrected chi connectivity index (χ1v) is 11.2. The fourth-order valence-corrected chi connectivity index (χ4v) is 5.47. The predicted molar refractivity (Wildman–Crippen MR) is 112 cm³/mol. The van der Waals surface area contributed by atoms with Gasteiger partial charge in [0.2, 0.25) is 11.8 Å². The van der Waals surface area contributed by atoms with Gasteiger partial charge in [-0.15, -0.1) is 0 Å². The van der Waals surface area contributed by atoms with Crippen molar-refractivity contribution >= 4 is 23.6 Å². The van der Waals surface area contributed by atoms with Gasteiger partial charge in [-0.25, -0.2) is 0 Å². The Kier molecular flexibility index (Phi) is 5.14. The van der Waals surface area contributed by atoms with Crippen molar-refractivity contribution in [1.29, 1.82) is 0 Å². The second-order valence-corrected chi connectivity index (χ2v) is 9.35. The first-order chi connectivity index (χ1) is 15.0. The number of imide groups is 2. The fraction of sp³-hybridized carbons (Fsp3) is 0.565. The smallest absolute Gasteiger partial charge is 0.262 e. The first-order valence-electron chi connectivity index (χ1n) is 11.2. The van der Waals surface area contributed by atoms with Crippen molar-refractivity contribution in [3.8, 4) is 0 Å². The molecule has 3 heterocycles. The van der Waals surface area contributed by atoms with Crippen LogP contribution in [0.15, 0.2) is 18.2 Å². The first kappa shape index (κ1) is 20.3. The standard InChI is InChI=1S/C23H28N4O4/c24-10-15-7-8-26(12-18(15)14-2-3-14)11-13-1-4-16-17(9-13)23(31)27(22(16)30)19-5-6-20(28)25-21(19)29/h1,4,9,14-15,18-19H,2-3,5-8,10-12,24H2,(H,25,28,29)/t15-,18+,19?/m0/s1. The van der Waals surface area contributed by atoms with E-state index < -0.39 is 23.8 Å². The molecule has 3 N–H and O–H groups in total. The number of nitrogens with two attached hydrogens (primary N) is 1. The van der Waals surface area contributed by atoms with E-state index in [1.807, 2.05) is 6.07 Å². The Morgan fingerprint density at radius 2 is 1.77 bits per heavy atom. The minimum Gasteiger partial charge on any atom is -0.330 e. The molecule has 5 rings (SSSR count). The average Bonchev–Trinajstić information content (AvgIpc) is 3.57. The number of carbonyl (C=O) groups is 4. The monoisotopic (exact) mass is 424 g/mol. The van der Waals surface area contributed by atoms with Crippen LogP contribution in [0.4, 0.5) is 0 Å². The zero-order chi connectivity index (χ0) is 21.7. The molecule has 0 bridgehead atoms. The number of nitrogens with one attached hydrogen (secondary N) is 1. The second-order valence-electron chi connectivity index (χ2n) is 9.35. The molecular weight excluding hydrogens is 396 g/mol. The van der Waals surface area contributed by atoms with E-state index in [0.29, 0.717) is 23.0 Å². The second kappa shape index (κ2) is 7.84. The Morgan fingerprint density at radius 3 is 2.48 bits per heavy atom. The molecule has 31 heavy (non-hydrogen) atoms. The average molecular weight is 425 g/mol. The number of hydrogen-bond donors (Lipinski definition) is 2. The number of carbonyl (C=O) groups excluding carboxylic acids is 4. The van der Waals surface area contributed by atoms with E-state index in [4.69, 9.17) is 5.73 Å². The van der Waals surface area contributed by atoms with Crippen molar-refractivity contribution in [3.63, 3.8) is 0 Å². The quantitative estimate of drug-likeness (QED) is 0.679. The van der Waals surface area contributed by atoms with Gasteiger partial charge in [-0.1, -0.05) is 6.07 Å². The Hall–Kier alpha value is -2.58. The summed E-state index contributed by atoms with van der Waals surface area (Å²) in [6.45, 7) is 3.49. The summed E-state index contributed by atoms with van der Waals surface area (Å²) in [6.07, 6.45) is 4.00. The van der Waals surface area contributed by atoms with Crippen molar-refractivity contribution in [3.05, 3.63) is 34.9 Å². The van der Waals surface area contributed by atoms with Gasteiger partial charge in [-0.2, -0.15) is 0 Å². The minimum atomic E-state index is -0.928. The van der Waals surface area contributed by atoms with Crippen LogP contribution in [0.3, 0.4) is 0 Å². The van der Waals surface area contributed by atoms with Gasteiger partial charge in [0.15, 0.2) is 0 Å². The lowest BCUT2D eigenvalue weighted by Crippen LogP contribution is -2.54. The lowest BCUT2D eigenvalue weighted by molar-refractivity contribution is -0.136. The summed E-state index contributed by atoms with van der Waals surface area (Å²) in [4.78, 5) is 53.0. The summed E-state index contributed by atoms with van der Waals surface area (Å²) < 4.78 is 0. The molecule has 1 aromatic rings. The van der Waals surface area contributed by atoms with Crippen molar-refractivity contribution in [2.24, 2.45) is 23.5 Å².